The highest BCUT2D eigenvalue weighted by molar-refractivity contribution is 5.82. The van der Waals surface area contributed by atoms with Crippen molar-refractivity contribution in [2.24, 2.45) is 11.3 Å². The van der Waals surface area contributed by atoms with E-state index in [2.05, 4.69) is 24.5 Å². The molecule has 1 amide bonds. The predicted octanol–water partition coefficient (Wildman–Crippen LogP) is 2.07. The molecule has 0 bridgehead atoms. The van der Waals surface area contributed by atoms with E-state index in [-0.39, 0.29) is 11.3 Å². The summed E-state index contributed by atoms with van der Waals surface area (Å²) >= 11 is 0. The lowest BCUT2D eigenvalue weighted by Crippen LogP contribution is -2.48. The Labute approximate surface area is 105 Å². The molecule has 2 N–H and O–H groups in total. The maximum absolute atomic E-state index is 12.3. The van der Waals surface area contributed by atoms with E-state index < -0.39 is 0 Å². The molecule has 2 rings (SSSR count). The van der Waals surface area contributed by atoms with Crippen LogP contribution in [0.3, 0.4) is 0 Å². The van der Waals surface area contributed by atoms with Crippen LogP contribution in [0.2, 0.25) is 0 Å². The average molecular weight is 238 g/mol. The van der Waals surface area contributed by atoms with Crippen LogP contribution in [-0.2, 0) is 4.79 Å². The molecular formula is C14H26N2O. The molecule has 1 heterocycles. The van der Waals surface area contributed by atoms with Gasteiger partial charge in [0, 0.05) is 11.5 Å². The Morgan fingerprint density at radius 3 is 2.65 bits per heavy atom. The van der Waals surface area contributed by atoms with Gasteiger partial charge in [0.2, 0.25) is 5.91 Å². The topological polar surface area (TPSA) is 41.1 Å². The number of hydrogen-bond acceptors (Lipinski definition) is 2. The zero-order valence-electron chi connectivity index (χ0n) is 11.2. The second-order valence-corrected chi connectivity index (χ2v) is 6.14. The molecule has 0 spiro atoms. The molecule has 3 nitrogen and oxygen atoms in total. The fourth-order valence-corrected chi connectivity index (χ4v) is 3.19. The van der Waals surface area contributed by atoms with E-state index in [1.807, 2.05) is 0 Å². The molecule has 3 heteroatoms. The predicted molar refractivity (Wildman–Crippen MR) is 69.8 cm³/mol. The molecule has 1 aliphatic carbocycles. The number of hydrogen-bond donors (Lipinski definition) is 2. The summed E-state index contributed by atoms with van der Waals surface area (Å²) in [5.74, 6) is 0.894. The van der Waals surface area contributed by atoms with Crippen LogP contribution in [0.25, 0.3) is 0 Å². The molecule has 2 aliphatic rings. The van der Waals surface area contributed by atoms with Crippen molar-refractivity contribution in [2.75, 3.05) is 13.1 Å². The van der Waals surface area contributed by atoms with Crippen molar-refractivity contribution in [3.05, 3.63) is 0 Å². The van der Waals surface area contributed by atoms with Crippen molar-refractivity contribution in [1.29, 1.82) is 0 Å². The molecule has 0 aromatic rings. The second kappa shape index (κ2) is 5.38. The first-order valence-corrected chi connectivity index (χ1v) is 7.13. The minimum absolute atomic E-state index is 0.0869. The fourth-order valence-electron chi connectivity index (χ4n) is 3.19. The highest BCUT2D eigenvalue weighted by Crippen LogP contribution is 2.37. The number of nitrogens with one attached hydrogen (secondary N) is 2. The highest BCUT2D eigenvalue weighted by atomic mass is 16.2. The lowest BCUT2D eigenvalue weighted by atomic mass is 9.86. The fraction of sp³-hybridized carbons (Fsp3) is 0.929. The molecule has 17 heavy (non-hydrogen) atoms. The SMILES string of the molecule is CC(NC(=O)C1(C)CCCC1)C1CCCNC1. The van der Waals surface area contributed by atoms with E-state index in [4.69, 9.17) is 0 Å². The van der Waals surface area contributed by atoms with Gasteiger partial charge in [-0.15, -0.1) is 0 Å². The third-order valence-electron chi connectivity index (χ3n) is 4.66. The van der Waals surface area contributed by atoms with Crippen LogP contribution in [0.15, 0.2) is 0 Å². The maximum Gasteiger partial charge on any atom is 0.226 e. The number of rotatable bonds is 3. The summed E-state index contributed by atoms with van der Waals surface area (Å²) in [6.45, 7) is 6.47. The molecule has 1 saturated heterocycles. The first-order valence-electron chi connectivity index (χ1n) is 7.13. The molecule has 2 atom stereocenters. The van der Waals surface area contributed by atoms with Gasteiger partial charge >= 0.3 is 0 Å². The minimum atomic E-state index is -0.0869. The van der Waals surface area contributed by atoms with Crippen LogP contribution in [0.1, 0.15) is 52.4 Å². The first-order chi connectivity index (χ1) is 8.12. The van der Waals surface area contributed by atoms with Gasteiger partial charge in [-0.3, -0.25) is 4.79 Å². The molecule has 0 aromatic heterocycles. The van der Waals surface area contributed by atoms with E-state index in [1.54, 1.807) is 0 Å². The summed E-state index contributed by atoms with van der Waals surface area (Å²) in [5.41, 5.74) is -0.0869. The van der Waals surface area contributed by atoms with Gasteiger partial charge in [-0.05, 0) is 51.6 Å². The Morgan fingerprint density at radius 2 is 2.06 bits per heavy atom. The number of piperidine rings is 1. The second-order valence-electron chi connectivity index (χ2n) is 6.14. The van der Waals surface area contributed by atoms with Crippen molar-refractivity contribution in [1.82, 2.24) is 10.6 Å². The zero-order valence-corrected chi connectivity index (χ0v) is 11.2. The highest BCUT2D eigenvalue weighted by Gasteiger charge is 2.37. The average Bonchev–Trinajstić information content (AvgIpc) is 2.78. The largest absolute Gasteiger partial charge is 0.353 e. The summed E-state index contributed by atoms with van der Waals surface area (Å²) in [7, 11) is 0. The van der Waals surface area contributed by atoms with Crippen LogP contribution in [-0.4, -0.2) is 25.0 Å². The molecule has 2 fully saturated rings. The van der Waals surface area contributed by atoms with Crippen LogP contribution >= 0.6 is 0 Å². The van der Waals surface area contributed by atoms with Crippen molar-refractivity contribution >= 4 is 5.91 Å². The smallest absolute Gasteiger partial charge is 0.226 e. The Balaban J connectivity index is 1.84. The minimum Gasteiger partial charge on any atom is -0.353 e. The lowest BCUT2D eigenvalue weighted by molar-refractivity contribution is -0.130. The summed E-state index contributed by atoms with van der Waals surface area (Å²) in [4.78, 5) is 12.3. The number of carbonyl (C=O) groups excluding carboxylic acids is 1. The van der Waals surface area contributed by atoms with Crippen LogP contribution < -0.4 is 10.6 Å². The van der Waals surface area contributed by atoms with Crippen molar-refractivity contribution in [3.8, 4) is 0 Å². The summed E-state index contributed by atoms with van der Waals surface area (Å²) < 4.78 is 0. The molecule has 98 valence electrons. The molecule has 1 saturated carbocycles. The Bertz CT molecular complexity index is 265. The van der Waals surface area contributed by atoms with Gasteiger partial charge in [0.1, 0.15) is 0 Å². The van der Waals surface area contributed by atoms with Gasteiger partial charge in [-0.2, -0.15) is 0 Å². The normalized spacial score (nSPS) is 29.9. The number of amides is 1. The molecule has 0 aromatic carbocycles. The van der Waals surface area contributed by atoms with E-state index in [9.17, 15) is 4.79 Å². The Morgan fingerprint density at radius 1 is 1.35 bits per heavy atom. The summed E-state index contributed by atoms with van der Waals surface area (Å²) in [6.07, 6.45) is 7.03. The maximum atomic E-state index is 12.3. The van der Waals surface area contributed by atoms with E-state index >= 15 is 0 Å². The van der Waals surface area contributed by atoms with Gasteiger partial charge in [-0.25, -0.2) is 0 Å². The monoisotopic (exact) mass is 238 g/mol. The van der Waals surface area contributed by atoms with Crippen LogP contribution in [0.5, 0.6) is 0 Å². The summed E-state index contributed by atoms with van der Waals surface area (Å²) in [5, 5.41) is 6.67. The quantitative estimate of drug-likeness (QED) is 0.790. The van der Waals surface area contributed by atoms with E-state index in [0.717, 1.165) is 25.9 Å². The van der Waals surface area contributed by atoms with Gasteiger partial charge in [0.25, 0.3) is 0 Å². The van der Waals surface area contributed by atoms with Gasteiger partial charge < -0.3 is 10.6 Å². The van der Waals surface area contributed by atoms with Crippen molar-refractivity contribution in [2.45, 2.75) is 58.4 Å². The number of carbonyl (C=O) groups is 1. The molecular weight excluding hydrogens is 212 g/mol. The third kappa shape index (κ3) is 3.01. The van der Waals surface area contributed by atoms with E-state index in [0.29, 0.717) is 12.0 Å². The molecule has 0 radical (unpaired) electrons. The Kier molecular flexibility index (Phi) is 4.08. The Hall–Kier alpha value is -0.570. The molecule has 1 aliphatic heterocycles. The van der Waals surface area contributed by atoms with Crippen molar-refractivity contribution in [3.63, 3.8) is 0 Å². The molecule has 2 unspecified atom stereocenters. The standard InChI is InChI=1S/C14H26N2O/c1-11(12-6-5-9-15-10-12)16-13(17)14(2)7-3-4-8-14/h11-12,15H,3-10H2,1-2H3,(H,16,17). The zero-order chi connectivity index (χ0) is 12.3. The van der Waals surface area contributed by atoms with Crippen LogP contribution in [0, 0.1) is 11.3 Å². The third-order valence-corrected chi connectivity index (χ3v) is 4.66. The van der Waals surface area contributed by atoms with E-state index in [1.165, 1.54) is 25.7 Å². The lowest BCUT2D eigenvalue weighted by Gasteiger charge is -2.32. The summed E-state index contributed by atoms with van der Waals surface area (Å²) in [6, 6.07) is 0.313. The van der Waals surface area contributed by atoms with Gasteiger partial charge in [0.15, 0.2) is 0 Å². The first kappa shape index (κ1) is 12.9. The van der Waals surface area contributed by atoms with Crippen molar-refractivity contribution < 1.29 is 4.79 Å². The van der Waals surface area contributed by atoms with Gasteiger partial charge in [-0.1, -0.05) is 19.8 Å². The van der Waals surface area contributed by atoms with Crippen LogP contribution in [0.4, 0.5) is 0 Å². The van der Waals surface area contributed by atoms with Gasteiger partial charge in [0.05, 0.1) is 0 Å².